The summed E-state index contributed by atoms with van der Waals surface area (Å²) < 4.78 is 0. The highest BCUT2D eigenvalue weighted by Gasteiger charge is 2.09. The fourth-order valence-electron chi connectivity index (χ4n) is 2.76. The summed E-state index contributed by atoms with van der Waals surface area (Å²) in [5.41, 5.74) is 4.56. The monoisotopic (exact) mass is 328 g/mol. The summed E-state index contributed by atoms with van der Waals surface area (Å²) in [6, 6.07) is 19.6. The summed E-state index contributed by atoms with van der Waals surface area (Å²) in [5, 5.41) is 4.31. The minimum atomic E-state index is 0.657. The first-order valence-electron chi connectivity index (χ1n) is 8.00. The molecule has 0 fully saturated rings. The van der Waals surface area contributed by atoms with Gasteiger partial charge in [0.1, 0.15) is 24.1 Å². The average Bonchev–Trinajstić information content (AvgIpc) is 3.12. The number of H-pyrrole nitrogens is 1. The molecule has 0 aliphatic carbocycles. The van der Waals surface area contributed by atoms with Crippen LogP contribution in [-0.2, 0) is 6.54 Å². The van der Waals surface area contributed by atoms with E-state index in [1.165, 1.54) is 5.56 Å². The minimum Gasteiger partial charge on any atom is -0.365 e. The van der Waals surface area contributed by atoms with Gasteiger partial charge >= 0.3 is 0 Å². The number of hydrogen-bond donors (Lipinski definition) is 2. The van der Waals surface area contributed by atoms with Crippen LogP contribution >= 0.6 is 0 Å². The molecule has 0 atom stereocenters. The summed E-state index contributed by atoms with van der Waals surface area (Å²) >= 11 is 0. The molecule has 0 aliphatic heterocycles. The molecule has 0 unspecified atom stereocenters. The van der Waals surface area contributed by atoms with Gasteiger partial charge in [-0.15, -0.1) is 0 Å². The van der Waals surface area contributed by atoms with E-state index >= 15 is 0 Å². The molecular formula is C20H16N4O. The van der Waals surface area contributed by atoms with Gasteiger partial charge in [-0.1, -0.05) is 54.6 Å². The highest BCUT2D eigenvalue weighted by molar-refractivity contribution is 5.91. The maximum absolute atomic E-state index is 10.8. The second kappa shape index (κ2) is 6.57. The van der Waals surface area contributed by atoms with Crippen LogP contribution in [0, 0.1) is 0 Å². The molecule has 0 saturated carbocycles. The quantitative estimate of drug-likeness (QED) is 0.542. The number of hydrogen-bond acceptors (Lipinski definition) is 4. The van der Waals surface area contributed by atoms with E-state index < -0.39 is 0 Å². The Bertz CT molecular complexity index is 1010. The standard InChI is InChI=1S/C20H16N4O/c25-12-15-6-8-16(9-7-15)18-10-17-19(22-13-23-20(17)24-18)21-11-14-4-2-1-3-5-14/h1-10,12-13H,11H2,(H2,21,22,23,24). The molecule has 0 saturated heterocycles. The van der Waals surface area contributed by atoms with Gasteiger partial charge in [0, 0.05) is 17.8 Å². The Hall–Kier alpha value is -3.47. The minimum absolute atomic E-state index is 0.657. The van der Waals surface area contributed by atoms with Crippen molar-refractivity contribution in [2.24, 2.45) is 0 Å². The molecule has 0 amide bonds. The number of carbonyl (C=O) groups excluding carboxylic acids is 1. The van der Waals surface area contributed by atoms with Crippen molar-refractivity contribution in [1.82, 2.24) is 15.0 Å². The van der Waals surface area contributed by atoms with Gasteiger partial charge < -0.3 is 10.3 Å². The second-order valence-electron chi connectivity index (χ2n) is 5.75. The number of carbonyl (C=O) groups is 1. The van der Waals surface area contributed by atoms with Crippen LogP contribution in [0.5, 0.6) is 0 Å². The number of fused-ring (bicyclic) bond motifs is 1. The maximum Gasteiger partial charge on any atom is 0.150 e. The Balaban J connectivity index is 1.64. The van der Waals surface area contributed by atoms with Gasteiger partial charge in [-0.3, -0.25) is 4.79 Å². The fourth-order valence-corrected chi connectivity index (χ4v) is 2.76. The van der Waals surface area contributed by atoms with E-state index in [2.05, 4.69) is 32.4 Å². The van der Waals surface area contributed by atoms with Crippen molar-refractivity contribution < 1.29 is 4.79 Å². The first-order chi connectivity index (χ1) is 12.3. The Morgan fingerprint density at radius 1 is 1.00 bits per heavy atom. The summed E-state index contributed by atoms with van der Waals surface area (Å²) in [5.74, 6) is 0.792. The number of rotatable bonds is 5. The van der Waals surface area contributed by atoms with E-state index in [1.54, 1.807) is 18.5 Å². The van der Waals surface area contributed by atoms with Gasteiger partial charge in [-0.05, 0) is 17.2 Å². The topological polar surface area (TPSA) is 70.7 Å². The lowest BCUT2D eigenvalue weighted by molar-refractivity contribution is 0.112. The lowest BCUT2D eigenvalue weighted by Crippen LogP contribution is -2.01. The van der Waals surface area contributed by atoms with Gasteiger partial charge in [-0.25, -0.2) is 9.97 Å². The number of aromatic amines is 1. The predicted molar refractivity (Wildman–Crippen MR) is 98.5 cm³/mol. The third kappa shape index (κ3) is 3.12. The number of nitrogens with one attached hydrogen (secondary N) is 2. The highest BCUT2D eigenvalue weighted by atomic mass is 16.1. The van der Waals surface area contributed by atoms with E-state index in [9.17, 15) is 4.79 Å². The van der Waals surface area contributed by atoms with Gasteiger partial charge in [0.25, 0.3) is 0 Å². The Morgan fingerprint density at radius 2 is 1.80 bits per heavy atom. The number of aromatic nitrogens is 3. The predicted octanol–water partition coefficient (Wildman–Crippen LogP) is 4.05. The van der Waals surface area contributed by atoms with Crippen molar-refractivity contribution in [3.8, 4) is 11.3 Å². The molecule has 5 heteroatoms. The van der Waals surface area contributed by atoms with Crippen LogP contribution in [0.25, 0.3) is 22.3 Å². The van der Waals surface area contributed by atoms with Crippen molar-refractivity contribution in [3.63, 3.8) is 0 Å². The summed E-state index contributed by atoms with van der Waals surface area (Å²) in [6.07, 6.45) is 2.39. The molecule has 0 spiro atoms. The zero-order valence-electron chi connectivity index (χ0n) is 13.4. The first kappa shape index (κ1) is 15.1. The number of benzene rings is 2. The lowest BCUT2D eigenvalue weighted by atomic mass is 10.1. The molecule has 5 nitrogen and oxygen atoms in total. The Morgan fingerprint density at radius 3 is 2.56 bits per heavy atom. The molecule has 4 rings (SSSR count). The van der Waals surface area contributed by atoms with E-state index in [0.717, 1.165) is 34.4 Å². The molecule has 2 aromatic heterocycles. The zero-order valence-corrected chi connectivity index (χ0v) is 13.4. The third-order valence-corrected chi connectivity index (χ3v) is 4.09. The van der Waals surface area contributed by atoms with Crippen LogP contribution in [0.15, 0.2) is 67.0 Å². The van der Waals surface area contributed by atoms with Crippen LogP contribution in [0.2, 0.25) is 0 Å². The summed E-state index contributed by atoms with van der Waals surface area (Å²) in [4.78, 5) is 22.8. The largest absolute Gasteiger partial charge is 0.365 e. The Labute approximate surface area is 144 Å². The molecule has 2 heterocycles. The van der Waals surface area contributed by atoms with Crippen LogP contribution in [0.4, 0.5) is 5.82 Å². The normalized spacial score (nSPS) is 10.7. The molecule has 2 N–H and O–H groups in total. The van der Waals surface area contributed by atoms with E-state index in [-0.39, 0.29) is 0 Å². The smallest absolute Gasteiger partial charge is 0.150 e. The molecule has 0 radical (unpaired) electrons. The lowest BCUT2D eigenvalue weighted by Gasteiger charge is -2.06. The highest BCUT2D eigenvalue weighted by Crippen LogP contribution is 2.27. The molecular weight excluding hydrogens is 312 g/mol. The van der Waals surface area contributed by atoms with E-state index in [4.69, 9.17) is 0 Å². The molecule has 25 heavy (non-hydrogen) atoms. The van der Waals surface area contributed by atoms with Crippen molar-refractivity contribution in [3.05, 3.63) is 78.1 Å². The van der Waals surface area contributed by atoms with Crippen molar-refractivity contribution in [1.29, 1.82) is 0 Å². The second-order valence-corrected chi connectivity index (χ2v) is 5.75. The number of aldehydes is 1. The number of nitrogens with zero attached hydrogens (tertiary/aromatic N) is 2. The molecule has 0 aliphatic rings. The van der Waals surface area contributed by atoms with Crippen LogP contribution in [0.1, 0.15) is 15.9 Å². The van der Waals surface area contributed by atoms with Crippen molar-refractivity contribution in [2.75, 3.05) is 5.32 Å². The molecule has 4 aromatic rings. The average molecular weight is 328 g/mol. The van der Waals surface area contributed by atoms with Crippen molar-refractivity contribution >= 4 is 23.1 Å². The Kier molecular flexibility index (Phi) is 3.96. The van der Waals surface area contributed by atoms with Crippen LogP contribution in [0.3, 0.4) is 0 Å². The maximum atomic E-state index is 10.8. The fraction of sp³-hybridized carbons (Fsp3) is 0.0500. The molecule has 2 aromatic carbocycles. The van der Waals surface area contributed by atoms with Crippen molar-refractivity contribution in [2.45, 2.75) is 6.54 Å². The van der Waals surface area contributed by atoms with Crippen LogP contribution < -0.4 is 5.32 Å². The summed E-state index contributed by atoms with van der Waals surface area (Å²) in [7, 11) is 0. The molecule has 122 valence electrons. The van der Waals surface area contributed by atoms with E-state index in [1.807, 2.05) is 36.4 Å². The third-order valence-electron chi connectivity index (χ3n) is 4.09. The number of anilines is 1. The van der Waals surface area contributed by atoms with E-state index in [0.29, 0.717) is 12.1 Å². The van der Waals surface area contributed by atoms with Gasteiger partial charge in [0.05, 0.1) is 5.39 Å². The SMILES string of the molecule is O=Cc1ccc(-c2cc3c(NCc4ccccc4)ncnc3[nH]2)cc1. The van der Waals surface area contributed by atoms with Gasteiger partial charge in [0.15, 0.2) is 0 Å². The van der Waals surface area contributed by atoms with Gasteiger partial charge in [-0.2, -0.15) is 0 Å². The zero-order chi connectivity index (χ0) is 17.1. The summed E-state index contributed by atoms with van der Waals surface area (Å²) in [6.45, 7) is 0.696. The first-order valence-corrected chi connectivity index (χ1v) is 8.00. The van der Waals surface area contributed by atoms with Gasteiger partial charge in [0.2, 0.25) is 0 Å². The molecule has 0 bridgehead atoms. The van der Waals surface area contributed by atoms with Crippen LogP contribution in [-0.4, -0.2) is 21.2 Å².